The van der Waals surface area contributed by atoms with Crippen LogP contribution in [0.5, 0.6) is 0 Å². The Hall–Kier alpha value is -1.43. The molecule has 0 fully saturated rings. The summed E-state index contributed by atoms with van der Waals surface area (Å²) in [5.74, 6) is 1.96. The summed E-state index contributed by atoms with van der Waals surface area (Å²) < 4.78 is 2.17. The van der Waals surface area contributed by atoms with Crippen LogP contribution in [-0.2, 0) is 17.8 Å². The van der Waals surface area contributed by atoms with Crippen molar-refractivity contribution in [1.29, 1.82) is 0 Å². The van der Waals surface area contributed by atoms with Gasteiger partial charge in [0, 0.05) is 19.4 Å². The zero-order valence-corrected chi connectivity index (χ0v) is 11.6. The second-order valence-electron chi connectivity index (χ2n) is 5.12. The molecule has 0 bridgehead atoms. The van der Waals surface area contributed by atoms with Gasteiger partial charge in [-0.05, 0) is 32.7 Å². The van der Waals surface area contributed by atoms with E-state index in [1.165, 1.54) is 12.8 Å². The molecule has 1 atom stereocenters. The van der Waals surface area contributed by atoms with Gasteiger partial charge >= 0.3 is 0 Å². The molecule has 0 aliphatic carbocycles. The number of nitrogens with two attached hydrogens (primary N) is 1. The van der Waals surface area contributed by atoms with Crippen LogP contribution in [0.3, 0.4) is 0 Å². The number of rotatable bonds is 5. The highest BCUT2D eigenvalue weighted by Crippen LogP contribution is 2.18. The predicted octanol–water partition coefficient (Wildman–Crippen LogP) is 0.921. The van der Waals surface area contributed by atoms with Crippen LogP contribution in [0, 0.1) is 0 Å². The number of aromatic nitrogens is 3. The van der Waals surface area contributed by atoms with Gasteiger partial charge in [-0.15, -0.1) is 10.2 Å². The maximum absolute atomic E-state index is 11.7. The number of nitrogens with one attached hydrogen (secondary N) is 1. The van der Waals surface area contributed by atoms with E-state index in [0.717, 1.165) is 37.5 Å². The molecule has 1 aliphatic heterocycles. The maximum atomic E-state index is 11.7. The third-order valence-corrected chi connectivity index (χ3v) is 3.51. The molecule has 1 aromatic heterocycles. The van der Waals surface area contributed by atoms with E-state index in [0.29, 0.717) is 13.0 Å². The SMILES string of the molecule is CC(NC(=O)CCCN)c1nnc2n1CCCCC2. The van der Waals surface area contributed by atoms with E-state index >= 15 is 0 Å². The summed E-state index contributed by atoms with van der Waals surface area (Å²) in [6.07, 6.45) is 5.75. The minimum Gasteiger partial charge on any atom is -0.346 e. The average Bonchev–Trinajstić information content (AvgIpc) is 2.66. The summed E-state index contributed by atoms with van der Waals surface area (Å²) in [6.45, 7) is 3.46. The molecule has 0 saturated carbocycles. The first-order valence-corrected chi connectivity index (χ1v) is 7.13. The minimum atomic E-state index is -0.0929. The van der Waals surface area contributed by atoms with Crippen molar-refractivity contribution < 1.29 is 4.79 Å². The molecule has 1 aliphatic rings. The Morgan fingerprint density at radius 3 is 3.05 bits per heavy atom. The zero-order chi connectivity index (χ0) is 13.7. The van der Waals surface area contributed by atoms with Crippen molar-refractivity contribution in [2.75, 3.05) is 6.54 Å². The van der Waals surface area contributed by atoms with Crippen molar-refractivity contribution in [3.8, 4) is 0 Å². The van der Waals surface area contributed by atoms with Gasteiger partial charge in [0.25, 0.3) is 0 Å². The van der Waals surface area contributed by atoms with Crippen LogP contribution in [-0.4, -0.2) is 27.2 Å². The van der Waals surface area contributed by atoms with Crippen LogP contribution in [0.4, 0.5) is 0 Å². The Kier molecular flexibility index (Phi) is 4.90. The van der Waals surface area contributed by atoms with E-state index < -0.39 is 0 Å². The highest BCUT2D eigenvalue weighted by molar-refractivity contribution is 5.76. The maximum Gasteiger partial charge on any atom is 0.220 e. The number of aryl methyl sites for hydroxylation is 1. The molecule has 0 aromatic carbocycles. The first-order chi connectivity index (χ1) is 9.22. The third-order valence-electron chi connectivity index (χ3n) is 3.51. The molecule has 6 heteroatoms. The van der Waals surface area contributed by atoms with Crippen LogP contribution in [0.25, 0.3) is 0 Å². The van der Waals surface area contributed by atoms with Gasteiger partial charge in [0.15, 0.2) is 5.82 Å². The van der Waals surface area contributed by atoms with Gasteiger partial charge in [0.05, 0.1) is 6.04 Å². The molecule has 3 N–H and O–H groups in total. The second-order valence-corrected chi connectivity index (χ2v) is 5.12. The third kappa shape index (κ3) is 3.53. The standard InChI is InChI=1S/C13H23N5O/c1-10(15-12(19)7-5-8-14)13-17-16-11-6-3-2-4-9-18(11)13/h10H,2-9,14H2,1H3,(H,15,19). The molecular formula is C13H23N5O. The number of carbonyl (C=O) groups excluding carboxylic acids is 1. The fraction of sp³-hybridized carbons (Fsp3) is 0.769. The Morgan fingerprint density at radius 1 is 1.42 bits per heavy atom. The lowest BCUT2D eigenvalue weighted by Gasteiger charge is -2.15. The number of carbonyl (C=O) groups is 1. The molecule has 1 aromatic rings. The summed E-state index contributed by atoms with van der Waals surface area (Å²) in [7, 11) is 0. The Labute approximate surface area is 113 Å². The van der Waals surface area contributed by atoms with Crippen molar-refractivity contribution in [3.63, 3.8) is 0 Å². The lowest BCUT2D eigenvalue weighted by Crippen LogP contribution is -2.29. The fourth-order valence-electron chi connectivity index (χ4n) is 2.47. The van der Waals surface area contributed by atoms with E-state index in [4.69, 9.17) is 5.73 Å². The molecule has 2 rings (SSSR count). The van der Waals surface area contributed by atoms with Crippen LogP contribution in [0.15, 0.2) is 0 Å². The Balaban J connectivity index is 2.01. The van der Waals surface area contributed by atoms with Crippen molar-refractivity contribution in [2.24, 2.45) is 5.73 Å². The molecule has 0 radical (unpaired) electrons. The Bertz CT molecular complexity index is 429. The smallest absolute Gasteiger partial charge is 0.220 e. The van der Waals surface area contributed by atoms with E-state index in [-0.39, 0.29) is 11.9 Å². The van der Waals surface area contributed by atoms with Gasteiger partial charge in [0.1, 0.15) is 5.82 Å². The lowest BCUT2D eigenvalue weighted by atomic mass is 10.2. The molecule has 6 nitrogen and oxygen atoms in total. The van der Waals surface area contributed by atoms with Gasteiger partial charge in [-0.3, -0.25) is 4.79 Å². The van der Waals surface area contributed by atoms with E-state index in [9.17, 15) is 4.79 Å². The van der Waals surface area contributed by atoms with Crippen LogP contribution >= 0.6 is 0 Å². The second kappa shape index (κ2) is 6.65. The number of nitrogens with zero attached hydrogens (tertiary/aromatic N) is 3. The minimum absolute atomic E-state index is 0.0314. The Morgan fingerprint density at radius 2 is 2.26 bits per heavy atom. The summed E-state index contributed by atoms with van der Waals surface area (Å²) >= 11 is 0. The molecule has 1 unspecified atom stereocenters. The summed E-state index contributed by atoms with van der Waals surface area (Å²) in [5, 5.41) is 11.5. The van der Waals surface area contributed by atoms with Crippen molar-refractivity contribution in [2.45, 2.75) is 58.0 Å². The molecule has 0 spiro atoms. The first kappa shape index (κ1) is 14.0. The van der Waals surface area contributed by atoms with Crippen LogP contribution in [0.1, 0.15) is 56.7 Å². The highest BCUT2D eigenvalue weighted by atomic mass is 16.1. The van der Waals surface area contributed by atoms with Gasteiger partial charge in [-0.1, -0.05) is 6.42 Å². The van der Waals surface area contributed by atoms with E-state index in [1.807, 2.05) is 6.92 Å². The van der Waals surface area contributed by atoms with Gasteiger partial charge < -0.3 is 15.6 Å². The molecule has 2 heterocycles. The number of hydrogen-bond acceptors (Lipinski definition) is 4. The monoisotopic (exact) mass is 265 g/mol. The number of amides is 1. The van der Waals surface area contributed by atoms with Crippen molar-refractivity contribution in [1.82, 2.24) is 20.1 Å². The normalized spacial score (nSPS) is 16.5. The molecular weight excluding hydrogens is 242 g/mol. The van der Waals surface area contributed by atoms with Gasteiger partial charge in [-0.2, -0.15) is 0 Å². The quantitative estimate of drug-likeness (QED) is 0.829. The summed E-state index contributed by atoms with van der Waals surface area (Å²) in [5.41, 5.74) is 5.40. The van der Waals surface area contributed by atoms with Crippen LogP contribution in [0.2, 0.25) is 0 Å². The van der Waals surface area contributed by atoms with Crippen molar-refractivity contribution >= 4 is 5.91 Å². The average molecular weight is 265 g/mol. The van der Waals surface area contributed by atoms with Gasteiger partial charge in [-0.25, -0.2) is 0 Å². The largest absolute Gasteiger partial charge is 0.346 e. The summed E-state index contributed by atoms with van der Waals surface area (Å²) in [6, 6.07) is -0.0929. The summed E-state index contributed by atoms with van der Waals surface area (Å²) in [4.78, 5) is 11.7. The fourth-order valence-corrected chi connectivity index (χ4v) is 2.47. The van der Waals surface area contributed by atoms with E-state index in [2.05, 4.69) is 20.1 Å². The molecule has 0 saturated heterocycles. The van der Waals surface area contributed by atoms with Crippen molar-refractivity contribution in [3.05, 3.63) is 11.6 Å². The molecule has 19 heavy (non-hydrogen) atoms. The highest BCUT2D eigenvalue weighted by Gasteiger charge is 2.20. The zero-order valence-electron chi connectivity index (χ0n) is 11.6. The predicted molar refractivity (Wildman–Crippen MR) is 72.4 cm³/mol. The lowest BCUT2D eigenvalue weighted by molar-refractivity contribution is -0.121. The number of fused-ring (bicyclic) bond motifs is 1. The molecule has 1 amide bonds. The van der Waals surface area contributed by atoms with Gasteiger partial charge in [0.2, 0.25) is 5.91 Å². The topological polar surface area (TPSA) is 85.8 Å². The van der Waals surface area contributed by atoms with Crippen LogP contribution < -0.4 is 11.1 Å². The van der Waals surface area contributed by atoms with E-state index in [1.54, 1.807) is 0 Å². The molecule has 106 valence electrons. The number of hydrogen-bond donors (Lipinski definition) is 2. The first-order valence-electron chi connectivity index (χ1n) is 7.13.